The average molecular weight is 473 g/mol. The van der Waals surface area contributed by atoms with Gasteiger partial charge in [-0.15, -0.1) is 0 Å². The van der Waals surface area contributed by atoms with Crippen LogP contribution < -0.4 is 15.9 Å². The molecule has 4 rings (SSSR count). The van der Waals surface area contributed by atoms with E-state index in [2.05, 4.69) is 22.1 Å². The van der Waals surface area contributed by atoms with Crippen molar-refractivity contribution in [3.8, 4) is 0 Å². The SMILES string of the molecule is CCC1CCCN(c2ncc(Cl)c(Nc3ccc4c(c3)n(CCC(C)(C)O)c(=O)n4C)n2)C1. The molecule has 1 unspecified atom stereocenters. The molecule has 8 nitrogen and oxygen atoms in total. The van der Waals surface area contributed by atoms with E-state index < -0.39 is 5.60 Å². The zero-order valence-corrected chi connectivity index (χ0v) is 20.6. The second kappa shape index (κ2) is 9.35. The monoisotopic (exact) mass is 472 g/mol. The predicted octanol–water partition coefficient (Wildman–Crippen LogP) is 4.31. The number of hydrogen-bond acceptors (Lipinski definition) is 6. The molecular weight excluding hydrogens is 440 g/mol. The van der Waals surface area contributed by atoms with Crippen molar-refractivity contribution in [3.63, 3.8) is 0 Å². The largest absolute Gasteiger partial charge is 0.390 e. The quantitative estimate of drug-likeness (QED) is 0.532. The third kappa shape index (κ3) is 5.17. The van der Waals surface area contributed by atoms with E-state index in [0.717, 1.165) is 42.7 Å². The van der Waals surface area contributed by atoms with Gasteiger partial charge in [-0.05, 0) is 57.2 Å². The minimum absolute atomic E-state index is 0.107. The highest BCUT2D eigenvalue weighted by Crippen LogP contribution is 2.29. The number of anilines is 3. The van der Waals surface area contributed by atoms with Gasteiger partial charge in [0, 0.05) is 32.4 Å². The molecule has 9 heteroatoms. The van der Waals surface area contributed by atoms with Gasteiger partial charge in [0.1, 0.15) is 5.02 Å². The zero-order chi connectivity index (χ0) is 23.8. The summed E-state index contributed by atoms with van der Waals surface area (Å²) in [7, 11) is 1.76. The molecule has 178 valence electrons. The van der Waals surface area contributed by atoms with Crippen molar-refractivity contribution in [1.29, 1.82) is 0 Å². The van der Waals surface area contributed by atoms with E-state index in [-0.39, 0.29) is 5.69 Å². The van der Waals surface area contributed by atoms with Crippen LogP contribution >= 0.6 is 11.6 Å². The first-order valence-corrected chi connectivity index (χ1v) is 12.0. The van der Waals surface area contributed by atoms with E-state index in [9.17, 15) is 9.90 Å². The molecule has 1 atom stereocenters. The molecule has 0 amide bonds. The Hall–Kier alpha value is -2.58. The first-order valence-electron chi connectivity index (χ1n) is 11.6. The van der Waals surface area contributed by atoms with Crippen molar-refractivity contribution in [2.45, 2.75) is 58.6 Å². The van der Waals surface area contributed by atoms with Crippen LogP contribution in [0.2, 0.25) is 5.02 Å². The van der Waals surface area contributed by atoms with Gasteiger partial charge in [0.2, 0.25) is 5.95 Å². The molecule has 2 aromatic heterocycles. The van der Waals surface area contributed by atoms with E-state index in [0.29, 0.717) is 35.7 Å². The molecule has 1 aromatic carbocycles. The van der Waals surface area contributed by atoms with Gasteiger partial charge >= 0.3 is 5.69 Å². The van der Waals surface area contributed by atoms with Crippen LogP contribution in [0.15, 0.2) is 29.2 Å². The molecule has 0 spiro atoms. The number of rotatable bonds is 7. The van der Waals surface area contributed by atoms with E-state index in [1.165, 1.54) is 6.42 Å². The molecule has 1 aliphatic heterocycles. The van der Waals surface area contributed by atoms with E-state index in [4.69, 9.17) is 16.6 Å². The lowest BCUT2D eigenvalue weighted by atomic mass is 9.96. The van der Waals surface area contributed by atoms with Gasteiger partial charge in [-0.1, -0.05) is 24.9 Å². The van der Waals surface area contributed by atoms with Gasteiger partial charge in [-0.2, -0.15) is 4.98 Å². The van der Waals surface area contributed by atoms with Crippen LogP contribution in [0.25, 0.3) is 11.0 Å². The molecular formula is C24H33ClN6O2. The van der Waals surface area contributed by atoms with Crippen LogP contribution in [-0.2, 0) is 13.6 Å². The normalized spacial score (nSPS) is 17.0. The summed E-state index contributed by atoms with van der Waals surface area (Å²) in [6, 6.07) is 5.74. The average Bonchev–Trinajstić information content (AvgIpc) is 3.02. The van der Waals surface area contributed by atoms with Crippen LogP contribution in [0.5, 0.6) is 0 Å². The van der Waals surface area contributed by atoms with E-state index >= 15 is 0 Å². The van der Waals surface area contributed by atoms with Crippen LogP contribution in [0.4, 0.5) is 17.5 Å². The molecule has 1 fully saturated rings. The van der Waals surface area contributed by atoms with Crippen molar-refractivity contribution in [1.82, 2.24) is 19.1 Å². The Morgan fingerprint density at radius 3 is 2.82 bits per heavy atom. The number of fused-ring (bicyclic) bond motifs is 1. The number of imidazole rings is 1. The Bertz CT molecular complexity index is 1200. The van der Waals surface area contributed by atoms with Crippen molar-refractivity contribution in [2.24, 2.45) is 13.0 Å². The summed E-state index contributed by atoms with van der Waals surface area (Å²) < 4.78 is 3.32. The van der Waals surface area contributed by atoms with Crippen molar-refractivity contribution in [2.75, 3.05) is 23.3 Å². The lowest BCUT2D eigenvalue weighted by Crippen LogP contribution is -2.36. The van der Waals surface area contributed by atoms with Gasteiger partial charge in [0.05, 0.1) is 22.8 Å². The summed E-state index contributed by atoms with van der Waals surface area (Å²) in [5.74, 6) is 1.89. The molecule has 1 saturated heterocycles. The highest BCUT2D eigenvalue weighted by atomic mass is 35.5. The summed E-state index contributed by atoms with van der Waals surface area (Å²) in [5.41, 5.74) is 1.44. The number of nitrogens with one attached hydrogen (secondary N) is 1. The summed E-state index contributed by atoms with van der Waals surface area (Å²) in [6.45, 7) is 8.05. The fraction of sp³-hybridized carbons (Fsp3) is 0.542. The maximum Gasteiger partial charge on any atom is 0.328 e. The highest BCUT2D eigenvalue weighted by Gasteiger charge is 2.22. The third-order valence-electron chi connectivity index (χ3n) is 6.47. The van der Waals surface area contributed by atoms with Crippen molar-refractivity contribution < 1.29 is 5.11 Å². The van der Waals surface area contributed by atoms with Gasteiger partial charge in [0.25, 0.3) is 0 Å². The van der Waals surface area contributed by atoms with Gasteiger partial charge < -0.3 is 15.3 Å². The summed E-state index contributed by atoms with van der Waals surface area (Å²) >= 11 is 6.43. The first-order chi connectivity index (χ1) is 15.7. The number of benzene rings is 1. The number of piperidine rings is 1. The third-order valence-corrected chi connectivity index (χ3v) is 6.74. The standard InChI is InChI=1S/C24H33ClN6O2/c1-5-16-7-6-11-30(15-16)22-26-14-18(25)21(28-22)27-17-8-9-19-20(13-17)31(23(32)29(19)4)12-10-24(2,3)33/h8-9,13-14,16,33H,5-7,10-12,15H2,1-4H3,(H,26,27,28). The first kappa shape index (κ1) is 23.6. The summed E-state index contributed by atoms with van der Waals surface area (Å²) in [6.07, 6.45) is 5.65. The maximum absolute atomic E-state index is 12.8. The lowest BCUT2D eigenvalue weighted by molar-refractivity contribution is 0.0662. The molecule has 2 N–H and O–H groups in total. The number of hydrogen-bond donors (Lipinski definition) is 2. The minimum Gasteiger partial charge on any atom is -0.390 e. The fourth-order valence-corrected chi connectivity index (χ4v) is 4.54. The van der Waals surface area contributed by atoms with E-state index in [1.807, 2.05) is 18.2 Å². The van der Waals surface area contributed by atoms with E-state index in [1.54, 1.807) is 36.2 Å². The number of halogens is 1. The molecule has 3 aromatic rings. The molecule has 0 saturated carbocycles. The topological polar surface area (TPSA) is 88.2 Å². The predicted molar refractivity (Wildman–Crippen MR) is 134 cm³/mol. The molecule has 0 aliphatic carbocycles. The number of aryl methyl sites for hydroxylation is 2. The number of nitrogens with zero attached hydrogens (tertiary/aromatic N) is 5. The van der Waals surface area contributed by atoms with Crippen LogP contribution in [0.1, 0.15) is 46.5 Å². The maximum atomic E-state index is 12.8. The molecule has 3 heterocycles. The number of aliphatic hydroxyl groups is 1. The molecule has 33 heavy (non-hydrogen) atoms. The molecule has 1 aliphatic rings. The summed E-state index contributed by atoms with van der Waals surface area (Å²) in [5, 5.41) is 13.9. The minimum atomic E-state index is -0.854. The smallest absolute Gasteiger partial charge is 0.328 e. The number of aromatic nitrogens is 4. The molecule has 0 radical (unpaired) electrons. The van der Waals surface area contributed by atoms with Gasteiger partial charge in [-0.3, -0.25) is 9.13 Å². The van der Waals surface area contributed by atoms with Gasteiger partial charge in [0.15, 0.2) is 5.82 Å². The van der Waals surface area contributed by atoms with Crippen LogP contribution in [0.3, 0.4) is 0 Å². The second-order valence-electron chi connectivity index (χ2n) is 9.61. The zero-order valence-electron chi connectivity index (χ0n) is 19.8. The Labute approximate surface area is 199 Å². The Morgan fingerprint density at radius 1 is 1.30 bits per heavy atom. The molecule has 0 bridgehead atoms. The summed E-state index contributed by atoms with van der Waals surface area (Å²) in [4.78, 5) is 24.2. The fourth-order valence-electron chi connectivity index (χ4n) is 4.40. The van der Waals surface area contributed by atoms with Gasteiger partial charge in [-0.25, -0.2) is 9.78 Å². The lowest BCUT2D eigenvalue weighted by Gasteiger charge is -2.32. The van der Waals surface area contributed by atoms with Crippen LogP contribution in [-0.4, -0.2) is 42.9 Å². The highest BCUT2D eigenvalue weighted by molar-refractivity contribution is 6.32. The Balaban J connectivity index is 1.63. The van der Waals surface area contributed by atoms with Crippen molar-refractivity contribution >= 4 is 40.1 Å². The second-order valence-corrected chi connectivity index (χ2v) is 10.0. The Morgan fingerprint density at radius 2 is 2.09 bits per heavy atom. The van der Waals surface area contributed by atoms with Crippen LogP contribution in [0, 0.1) is 5.92 Å². The Kier molecular flexibility index (Phi) is 6.68. The van der Waals surface area contributed by atoms with Crippen molar-refractivity contribution in [3.05, 3.63) is 39.9 Å².